The van der Waals surface area contributed by atoms with E-state index in [9.17, 15) is 9.59 Å². The third-order valence-corrected chi connectivity index (χ3v) is 3.49. The summed E-state index contributed by atoms with van der Waals surface area (Å²) in [7, 11) is 5.01. The fourth-order valence-electron chi connectivity index (χ4n) is 2.05. The Kier molecular flexibility index (Phi) is 3.89. The lowest BCUT2D eigenvalue weighted by Crippen LogP contribution is -2.39. The summed E-state index contributed by atoms with van der Waals surface area (Å²) in [4.78, 5) is 23.5. The molecule has 0 fully saturated rings. The zero-order valence-corrected chi connectivity index (χ0v) is 12.2. The lowest BCUT2D eigenvalue weighted by atomic mass is 10.2. The van der Waals surface area contributed by atoms with E-state index in [-0.39, 0.29) is 11.2 Å². The van der Waals surface area contributed by atoms with Gasteiger partial charge in [0, 0.05) is 57.3 Å². The minimum Gasteiger partial charge on any atom is -0.308 e. The molecule has 7 heteroatoms. The van der Waals surface area contributed by atoms with Gasteiger partial charge >= 0.3 is 5.69 Å². The van der Waals surface area contributed by atoms with Crippen molar-refractivity contribution in [3.63, 3.8) is 0 Å². The first-order valence-electron chi connectivity index (χ1n) is 6.35. The van der Waals surface area contributed by atoms with Crippen LogP contribution in [0.4, 0.5) is 0 Å². The molecule has 0 radical (unpaired) electrons. The quantitative estimate of drug-likeness (QED) is 0.811. The van der Waals surface area contributed by atoms with Gasteiger partial charge in [-0.05, 0) is 6.92 Å². The van der Waals surface area contributed by atoms with Gasteiger partial charge in [-0.3, -0.25) is 14.0 Å². The summed E-state index contributed by atoms with van der Waals surface area (Å²) in [5, 5.41) is 7.37. The topological polar surface area (TPSA) is 73.8 Å². The fraction of sp³-hybridized carbons (Fsp3) is 0.462. The molecule has 2 aromatic heterocycles. The van der Waals surface area contributed by atoms with E-state index in [2.05, 4.69) is 10.4 Å². The van der Waals surface area contributed by atoms with E-state index in [1.807, 2.05) is 18.7 Å². The van der Waals surface area contributed by atoms with Crippen molar-refractivity contribution in [3.05, 3.63) is 50.1 Å². The first-order valence-corrected chi connectivity index (χ1v) is 6.35. The largest absolute Gasteiger partial charge is 0.330 e. The van der Waals surface area contributed by atoms with Crippen molar-refractivity contribution in [2.24, 2.45) is 21.1 Å². The van der Waals surface area contributed by atoms with Gasteiger partial charge in [-0.2, -0.15) is 5.10 Å². The molecule has 0 spiro atoms. The van der Waals surface area contributed by atoms with Crippen LogP contribution < -0.4 is 16.6 Å². The van der Waals surface area contributed by atoms with E-state index < -0.39 is 0 Å². The molecule has 0 amide bonds. The fourth-order valence-corrected chi connectivity index (χ4v) is 2.05. The van der Waals surface area contributed by atoms with Gasteiger partial charge in [0.1, 0.15) is 0 Å². The van der Waals surface area contributed by atoms with E-state index in [0.29, 0.717) is 18.7 Å². The summed E-state index contributed by atoms with van der Waals surface area (Å²) < 4.78 is 4.34. The van der Waals surface area contributed by atoms with Gasteiger partial charge in [0.05, 0.1) is 6.20 Å². The molecule has 2 heterocycles. The lowest BCUT2D eigenvalue weighted by molar-refractivity contribution is 0.628. The molecule has 2 rings (SSSR count). The average Bonchev–Trinajstić information content (AvgIpc) is 2.74. The van der Waals surface area contributed by atoms with E-state index in [1.165, 1.54) is 11.6 Å². The number of rotatable bonds is 4. The Morgan fingerprint density at radius 1 is 1.15 bits per heavy atom. The Balaban J connectivity index is 2.11. The molecular formula is C13H19N5O2. The number of hydrogen-bond acceptors (Lipinski definition) is 4. The van der Waals surface area contributed by atoms with E-state index >= 15 is 0 Å². The number of nitrogens with one attached hydrogen (secondary N) is 1. The van der Waals surface area contributed by atoms with Crippen LogP contribution in [0.3, 0.4) is 0 Å². The van der Waals surface area contributed by atoms with Crippen molar-refractivity contribution < 1.29 is 0 Å². The predicted molar refractivity (Wildman–Crippen MR) is 75.4 cm³/mol. The van der Waals surface area contributed by atoms with Crippen molar-refractivity contribution in [2.75, 3.05) is 0 Å². The molecule has 0 aromatic carbocycles. The molecule has 0 saturated heterocycles. The number of aryl methyl sites for hydroxylation is 2. The van der Waals surface area contributed by atoms with Gasteiger partial charge in [0.25, 0.3) is 5.56 Å². The van der Waals surface area contributed by atoms with Crippen molar-refractivity contribution in [2.45, 2.75) is 20.0 Å². The maximum Gasteiger partial charge on any atom is 0.330 e. The van der Waals surface area contributed by atoms with Crippen LogP contribution in [0.15, 0.2) is 22.0 Å². The summed E-state index contributed by atoms with van der Waals surface area (Å²) in [6.45, 7) is 3.04. The van der Waals surface area contributed by atoms with E-state index in [1.54, 1.807) is 19.4 Å². The zero-order valence-electron chi connectivity index (χ0n) is 12.2. The summed E-state index contributed by atoms with van der Waals surface area (Å²) in [6.07, 6.45) is 3.38. The second kappa shape index (κ2) is 5.46. The van der Waals surface area contributed by atoms with Gasteiger partial charge in [-0.1, -0.05) is 0 Å². The van der Waals surface area contributed by atoms with E-state index in [0.717, 1.165) is 15.8 Å². The molecule has 0 saturated carbocycles. The van der Waals surface area contributed by atoms with Crippen LogP contribution in [-0.2, 0) is 34.2 Å². The van der Waals surface area contributed by atoms with Crippen LogP contribution in [0, 0.1) is 6.92 Å². The SMILES string of the molecule is Cc1c(CNCc2cn(C)c(=O)n(C)c2=O)cnn1C. The minimum atomic E-state index is -0.318. The molecular weight excluding hydrogens is 258 g/mol. The van der Waals surface area contributed by atoms with Gasteiger partial charge in [-0.15, -0.1) is 0 Å². The first kappa shape index (κ1) is 14.3. The van der Waals surface area contributed by atoms with Crippen LogP contribution in [-0.4, -0.2) is 18.9 Å². The van der Waals surface area contributed by atoms with Gasteiger partial charge in [-0.25, -0.2) is 4.79 Å². The summed E-state index contributed by atoms with van der Waals surface area (Å²) in [5.41, 5.74) is 2.17. The molecule has 20 heavy (non-hydrogen) atoms. The minimum absolute atomic E-state index is 0.261. The maximum atomic E-state index is 11.9. The van der Waals surface area contributed by atoms with Crippen LogP contribution >= 0.6 is 0 Å². The normalized spacial score (nSPS) is 11.0. The monoisotopic (exact) mass is 277 g/mol. The number of aromatic nitrogens is 4. The first-order chi connectivity index (χ1) is 9.41. The van der Waals surface area contributed by atoms with Crippen molar-refractivity contribution in [3.8, 4) is 0 Å². The molecule has 0 aliphatic heterocycles. The number of hydrogen-bond donors (Lipinski definition) is 1. The van der Waals surface area contributed by atoms with Crippen LogP contribution in [0.2, 0.25) is 0 Å². The molecule has 7 nitrogen and oxygen atoms in total. The summed E-state index contributed by atoms with van der Waals surface area (Å²) in [5.74, 6) is 0. The van der Waals surface area contributed by atoms with Crippen molar-refractivity contribution >= 4 is 0 Å². The lowest BCUT2D eigenvalue weighted by Gasteiger charge is -2.08. The Hall–Kier alpha value is -2.15. The highest BCUT2D eigenvalue weighted by molar-refractivity contribution is 5.15. The zero-order chi connectivity index (χ0) is 14.9. The smallest absolute Gasteiger partial charge is 0.308 e. The summed E-state index contributed by atoms with van der Waals surface area (Å²) in [6, 6.07) is 0. The Bertz CT molecular complexity index is 738. The van der Waals surface area contributed by atoms with E-state index in [4.69, 9.17) is 0 Å². The van der Waals surface area contributed by atoms with Crippen molar-refractivity contribution in [1.82, 2.24) is 24.2 Å². The average molecular weight is 277 g/mol. The standard InChI is InChI=1S/C13H19N5O2/c1-9-10(7-15-18(9)4)5-14-6-11-8-16(2)13(20)17(3)12(11)19/h7-8,14H,5-6H2,1-4H3. The highest BCUT2D eigenvalue weighted by Gasteiger charge is 2.07. The van der Waals surface area contributed by atoms with Gasteiger partial charge in [0.2, 0.25) is 0 Å². The van der Waals surface area contributed by atoms with Crippen LogP contribution in [0.5, 0.6) is 0 Å². The molecule has 1 N–H and O–H groups in total. The Morgan fingerprint density at radius 3 is 2.40 bits per heavy atom. The van der Waals surface area contributed by atoms with Crippen molar-refractivity contribution in [1.29, 1.82) is 0 Å². The Morgan fingerprint density at radius 2 is 1.80 bits per heavy atom. The molecule has 0 aliphatic rings. The predicted octanol–water partition coefficient (Wildman–Crippen LogP) is -0.584. The molecule has 0 aliphatic carbocycles. The second-order valence-electron chi connectivity index (χ2n) is 4.89. The van der Waals surface area contributed by atoms with Crippen LogP contribution in [0.25, 0.3) is 0 Å². The Labute approximate surface area is 116 Å². The van der Waals surface area contributed by atoms with Crippen LogP contribution in [0.1, 0.15) is 16.8 Å². The third kappa shape index (κ3) is 2.57. The highest BCUT2D eigenvalue weighted by atomic mass is 16.2. The summed E-state index contributed by atoms with van der Waals surface area (Å²) >= 11 is 0. The third-order valence-electron chi connectivity index (χ3n) is 3.49. The molecule has 2 aromatic rings. The molecule has 0 bridgehead atoms. The maximum absolute atomic E-state index is 11.9. The highest BCUT2D eigenvalue weighted by Crippen LogP contribution is 2.04. The van der Waals surface area contributed by atoms with Gasteiger partial charge < -0.3 is 9.88 Å². The second-order valence-corrected chi connectivity index (χ2v) is 4.89. The molecule has 0 unspecified atom stereocenters. The molecule has 108 valence electrons. The number of nitrogens with zero attached hydrogens (tertiary/aromatic N) is 4. The van der Waals surface area contributed by atoms with Gasteiger partial charge in [0.15, 0.2) is 0 Å². The molecule has 0 atom stereocenters.